The zero-order valence-corrected chi connectivity index (χ0v) is 11.9. The highest BCUT2D eigenvalue weighted by Gasteiger charge is 1.81. The summed E-state index contributed by atoms with van der Waals surface area (Å²) >= 11 is 0. The molecule has 0 amide bonds. The van der Waals surface area contributed by atoms with E-state index in [4.69, 9.17) is 0 Å². The summed E-state index contributed by atoms with van der Waals surface area (Å²) in [5.74, 6) is 0. The highest BCUT2D eigenvalue weighted by Crippen LogP contribution is 2.01. The van der Waals surface area contributed by atoms with Gasteiger partial charge in [-0.25, -0.2) is 0 Å². The second-order valence-corrected chi connectivity index (χ2v) is 3.41. The lowest BCUT2D eigenvalue weighted by Crippen LogP contribution is -2.12. The molecular formula is C14H33N. The maximum Gasteiger partial charge on any atom is -0.00517 e. The lowest BCUT2D eigenvalue weighted by atomic mass is 10.2. The first-order valence-electron chi connectivity index (χ1n) is 6.54. The predicted octanol–water partition coefficient (Wildman–Crippen LogP) is 4.78. The molecule has 0 spiro atoms. The zero-order valence-electron chi connectivity index (χ0n) is 11.9. The van der Waals surface area contributed by atoms with Gasteiger partial charge in [0.25, 0.3) is 0 Å². The normalized spacial score (nSPS) is 8.13. The summed E-state index contributed by atoms with van der Waals surface area (Å²) in [6.07, 6.45) is 5.03. The molecule has 0 aliphatic heterocycles. The number of hydrogen-bond acceptors (Lipinski definition) is 1. The van der Waals surface area contributed by atoms with Gasteiger partial charge in [-0.05, 0) is 39.3 Å². The fraction of sp³-hybridized carbons (Fsp3) is 0.857. The van der Waals surface area contributed by atoms with E-state index in [0.717, 1.165) is 13.1 Å². The minimum absolute atomic E-state index is 1.10. The van der Waals surface area contributed by atoms with Crippen LogP contribution in [0.25, 0.3) is 0 Å². The van der Waals surface area contributed by atoms with Gasteiger partial charge < -0.3 is 5.32 Å². The molecule has 0 fully saturated rings. The van der Waals surface area contributed by atoms with Gasteiger partial charge in [-0.2, -0.15) is 0 Å². The Hall–Kier alpha value is -0.300. The van der Waals surface area contributed by atoms with Crippen LogP contribution in [0.15, 0.2) is 12.2 Å². The molecule has 0 aromatic heterocycles. The Labute approximate surface area is 98.4 Å². The average molecular weight is 215 g/mol. The molecule has 0 radical (unpaired) electrons. The number of nitrogens with one attached hydrogen (secondary N) is 1. The van der Waals surface area contributed by atoms with E-state index >= 15 is 0 Å². The molecule has 94 valence electrons. The highest BCUT2D eigenvalue weighted by molar-refractivity contribution is 4.86. The van der Waals surface area contributed by atoms with E-state index in [1.54, 1.807) is 0 Å². The first kappa shape index (κ1) is 20.2. The molecule has 1 N–H and O–H groups in total. The van der Waals surface area contributed by atoms with Crippen LogP contribution in [0.1, 0.15) is 67.2 Å². The standard InChI is InChI=1S/C7H14.C5H13N.C2H6/c1-4-5-6-7(2)3;1-3-5-6-4-2;1-2/h2,4-6H2,1,3H3;6H,3-5H2,1-2H3;1-2H3. The van der Waals surface area contributed by atoms with E-state index in [1.165, 1.54) is 31.3 Å². The van der Waals surface area contributed by atoms with Gasteiger partial charge in [0.2, 0.25) is 0 Å². The van der Waals surface area contributed by atoms with Gasteiger partial charge in [0.05, 0.1) is 0 Å². The lowest BCUT2D eigenvalue weighted by molar-refractivity contribution is 0.703. The lowest BCUT2D eigenvalue weighted by Gasteiger charge is -1.91. The third-order valence-corrected chi connectivity index (χ3v) is 1.63. The SMILES string of the molecule is C=C(C)CCCC.CC.CCCNCC. The van der Waals surface area contributed by atoms with Crippen molar-refractivity contribution in [1.29, 1.82) is 0 Å². The monoisotopic (exact) mass is 215 g/mol. The topological polar surface area (TPSA) is 12.0 Å². The predicted molar refractivity (Wildman–Crippen MR) is 74.5 cm³/mol. The van der Waals surface area contributed by atoms with Crippen LogP contribution in [0, 0.1) is 0 Å². The van der Waals surface area contributed by atoms with E-state index in [1.807, 2.05) is 13.8 Å². The molecule has 1 nitrogen and oxygen atoms in total. The Bertz CT molecular complexity index is 93.5. The fourth-order valence-corrected chi connectivity index (χ4v) is 0.832. The Morgan fingerprint density at radius 1 is 1.07 bits per heavy atom. The first-order valence-corrected chi connectivity index (χ1v) is 6.54. The Morgan fingerprint density at radius 3 is 1.73 bits per heavy atom. The minimum atomic E-state index is 1.10. The Balaban J connectivity index is -0.000000166. The van der Waals surface area contributed by atoms with Crippen LogP contribution in [0.5, 0.6) is 0 Å². The van der Waals surface area contributed by atoms with Gasteiger partial charge in [-0.15, -0.1) is 6.58 Å². The maximum absolute atomic E-state index is 3.79. The minimum Gasteiger partial charge on any atom is -0.317 e. The van der Waals surface area contributed by atoms with E-state index in [-0.39, 0.29) is 0 Å². The summed E-state index contributed by atoms with van der Waals surface area (Å²) in [6.45, 7) is 18.6. The van der Waals surface area contributed by atoms with Crippen LogP contribution in [0.3, 0.4) is 0 Å². The number of hydrogen-bond donors (Lipinski definition) is 1. The van der Waals surface area contributed by atoms with Gasteiger partial charge in [0.15, 0.2) is 0 Å². The molecule has 0 aromatic carbocycles. The summed E-state index contributed by atoms with van der Waals surface area (Å²) in [7, 11) is 0. The van der Waals surface area contributed by atoms with Crippen LogP contribution in [0.2, 0.25) is 0 Å². The van der Waals surface area contributed by atoms with Gasteiger partial charge in [0, 0.05) is 0 Å². The third kappa shape index (κ3) is 41.8. The van der Waals surface area contributed by atoms with Crippen molar-refractivity contribution in [1.82, 2.24) is 5.32 Å². The largest absolute Gasteiger partial charge is 0.317 e. The Kier molecular flexibility index (Phi) is 31.6. The molecular weight excluding hydrogens is 182 g/mol. The molecule has 1 heteroatoms. The van der Waals surface area contributed by atoms with Gasteiger partial charge in [-0.1, -0.05) is 46.6 Å². The molecule has 0 saturated heterocycles. The molecule has 0 bridgehead atoms. The first-order chi connectivity index (χ1) is 7.18. The number of unbranched alkanes of at least 4 members (excludes halogenated alkanes) is 1. The summed E-state index contributed by atoms with van der Waals surface area (Å²) in [6, 6.07) is 0. The third-order valence-electron chi connectivity index (χ3n) is 1.63. The van der Waals surface area contributed by atoms with Gasteiger partial charge >= 0.3 is 0 Å². The van der Waals surface area contributed by atoms with E-state index in [0.29, 0.717) is 0 Å². The molecule has 0 heterocycles. The van der Waals surface area contributed by atoms with Crippen LogP contribution in [0.4, 0.5) is 0 Å². The van der Waals surface area contributed by atoms with Crippen LogP contribution < -0.4 is 5.32 Å². The quantitative estimate of drug-likeness (QED) is 0.496. The second kappa shape index (κ2) is 23.5. The van der Waals surface area contributed by atoms with Crippen molar-refractivity contribution < 1.29 is 0 Å². The molecule has 0 aliphatic rings. The highest BCUT2D eigenvalue weighted by atomic mass is 14.8. The molecule has 0 atom stereocenters. The average Bonchev–Trinajstić information content (AvgIpc) is 2.27. The smallest absolute Gasteiger partial charge is 0.00517 e. The molecule has 0 aromatic rings. The fourth-order valence-electron chi connectivity index (χ4n) is 0.832. The number of rotatable bonds is 6. The van der Waals surface area contributed by atoms with E-state index in [2.05, 4.69) is 39.6 Å². The van der Waals surface area contributed by atoms with Crippen LogP contribution in [-0.4, -0.2) is 13.1 Å². The van der Waals surface area contributed by atoms with Crippen LogP contribution in [-0.2, 0) is 0 Å². The van der Waals surface area contributed by atoms with E-state index < -0.39 is 0 Å². The second-order valence-electron chi connectivity index (χ2n) is 3.41. The van der Waals surface area contributed by atoms with Gasteiger partial charge in [-0.3, -0.25) is 0 Å². The summed E-state index contributed by atoms with van der Waals surface area (Å²) < 4.78 is 0. The maximum atomic E-state index is 3.79. The van der Waals surface area contributed by atoms with Crippen molar-refractivity contribution in [3.8, 4) is 0 Å². The van der Waals surface area contributed by atoms with Crippen molar-refractivity contribution in [2.75, 3.05) is 13.1 Å². The van der Waals surface area contributed by atoms with E-state index in [9.17, 15) is 0 Å². The Morgan fingerprint density at radius 2 is 1.60 bits per heavy atom. The zero-order chi connectivity index (χ0) is 12.5. The van der Waals surface area contributed by atoms with Crippen molar-refractivity contribution in [2.45, 2.75) is 67.2 Å². The summed E-state index contributed by atoms with van der Waals surface area (Å²) in [5, 5.41) is 3.20. The summed E-state index contributed by atoms with van der Waals surface area (Å²) in [4.78, 5) is 0. The molecule has 0 saturated carbocycles. The summed E-state index contributed by atoms with van der Waals surface area (Å²) in [5.41, 5.74) is 1.31. The molecule has 0 aliphatic carbocycles. The van der Waals surface area contributed by atoms with Crippen LogP contribution >= 0.6 is 0 Å². The van der Waals surface area contributed by atoms with Crippen molar-refractivity contribution in [3.05, 3.63) is 12.2 Å². The van der Waals surface area contributed by atoms with Crippen molar-refractivity contribution in [2.24, 2.45) is 0 Å². The molecule has 0 unspecified atom stereocenters. The molecule has 0 rings (SSSR count). The van der Waals surface area contributed by atoms with Crippen molar-refractivity contribution >= 4 is 0 Å². The van der Waals surface area contributed by atoms with Gasteiger partial charge in [0.1, 0.15) is 0 Å². The number of allylic oxidation sites excluding steroid dienone is 1. The molecule has 15 heavy (non-hydrogen) atoms. The van der Waals surface area contributed by atoms with Crippen molar-refractivity contribution in [3.63, 3.8) is 0 Å².